The SMILES string of the molecule is CSCC[C@H](N)C(=O)NC1(OC(=O)O)CS(=O)(=O)[C@H]2C(OC(=O)O)C21. The van der Waals surface area contributed by atoms with Crippen molar-refractivity contribution in [2.75, 3.05) is 17.8 Å². The van der Waals surface area contributed by atoms with E-state index >= 15 is 0 Å². The number of nitrogens with one attached hydrogen (secondary N) is 1. The lowest BCUT2D eigenvalue weighted by atomic mass is 10.1. The van der Waals surface area contributed by atoms with Gasteiger partial charge in [0.2, 0.25) is 11.6 Å². The molecule has 142 valence electrons. The summed E-state index contributed by atoms with van der Waals surface area (Å²) in [5.41, 5.74) is 3.59. The predicted molar refractivity (Wildman–Crippen MR) is 84.9 cm³/mol. The average Bonchev–Trinajstić information content (AvgIpc) is 3.12. The van der Waals surface area contributed by atoms with E-state index in [9.17, 15) is 22.8 Å². The molecule has 1 aliphatic heterocycles. The fourth-order valence-corrected chi connectivity index (χ4v) is 6.01. The van der Waals surface area contributed by atoms with E-state index in [0.29, 0.717) is 5.75 Å². The van der Waals surface area contributed by atoms with Gasteiger partial charge < -0.3 is 30.7 Å². The van der Waals surface area contributed by atoms with Crippen molar-refractivity contribution in [3.8, 4) is 0 Å². The average molecular weight is 398 g/mol. The van der Waals surface area contributed by atoms with Gasteiger partial charge in [-0.3, -0.25) is 4.79 Å². The van der Waals surface area contributed by atoms with Gasteiger partial charge in [-0.2, -0.15) is 11.8 Å². The van der Waals surface area contributed by atoms with Crippen molar-refractivity contribution < 1.29 is 42.5 Å². The highest BCUT2D eigenvalue weighted by atomic mass is 32.2. The summed E-state index contributed by atoms with van der Waals surface area (Å²) in [4.78, 5) is 33.9. The number of sulfone groups is 1. The summed E-state index contributed by atoms with van der Waals surface area (Å²) in [7, 11) is -3.92. The molecule has 11 nitrogen and oxygen atoms in total. The minimum absolute atomic E-state index is 0.284. The lowest BCUT2D eigenvalue weighted by Crippen LogP contribution is -2.59. The summed E-state index contributed by atoms with van der Waals surface area (Å²) < 4.78 is 33.6. The summed E-state index contributed by atoms with van der Waals surface area (Å²) in [6, 6.07) is -0.999. The smallest absolute Gasteiger partial charge is 0.450 e. The molecule has 3 unspecified atom stereocenters. The monoisotopic (exact) mass is 398 g/mol. The Hall–Kier alpha value is -1.73. The molecule has 0 aromatic heterocycles. The first-order valence-corrected chi connectivity index (χ1v) is 10.2. The van der Waals surface area contributed by atoms with E-state index < -0.39 is 62.8 Å². The summed E-state index contributed by atoms with van der Waals surface area (Å²) in [5.74, 6) is -2.17. The minimum Gasteiger partial charge on any atom is -0.450 e. The van der Waals surface area contributed by atoms with Crippen LogP contribution in [0.1, 0.15) is 6.42 Å². The molecule has 1 aliphatic carbocycles. The van der Waals surface area contributed by atoms with E-state index in [1.54, 1.807) is 0 Å². The van der Waals surface area contributed by atoms with Gasteiger partial charge >= 0.3 is 12.3 Å². The van der Waals surface area contributed by atoms with Crippen molar-refractivity contribution in [1.29, 1.82) is 0 Å². The van der Waals surface area contributed by atoms with Crippen molar-refractivity contribution in [2.45, 2.75) is 29.5 Å². The number of rotatable bonds is 7. The van der Waals surface area contributed by atoms with Crippen molar-refractivity contribution >= 4 is 39.8 Å². The first-order valence-electron chi connectivity index (χ1n) is 7.13. The number of hydrogen-bond acceptors (Lipinski definition) is 9. The fourth-order valence-electron chi connectivity index (χ4n) is 3.04. The third-order valence-electron chi connectivity index (χ3n) is 4.07. The van der Waals surface area contributed by atoms with Gasteiger partial charge in [0.15, 0.2) is 9.84 Å². The molecule has 1 saturated heterocycles. The molecule has 2 rings (SSSR count). The number of carbonyl (C=O) groups excluding carboxylic acids is 1. The number of amides is 1. The summed E-state index contributed by atoms with van der Waals surface area (Å²) in [5, 5.41) is 18.6. The number of ether oxygens (including phenoxy) is 2. The van der Waals surface area contributed by atoms with Gasteiger partial charge in [0.05, 0.1) is 12.0 Å². The van der Waals surface area contributed by atoms with E-state index in [1.807, 2.05) is 6.26 Å². The van der Waals surface area contributed by atoms with Crippen LogP contribution < -0.4 is 11.1 Å². The second-order valence-electron chi connectivity index (χ2n) is 5.78. The van der Waals surface area contributed by atoms with Crippen LogP contribution in [0.5, 0.6) is 0 Å². The maximum absolute atomic E-state index is 12.2. The van der Waals surface area contributed by atoms with E-state index in [2.05, 4.69) is 10.1 Å². The van der Waals surface area contributed by atoms with Gasteiger partial charge in [-0.1, -0.05) is 0 Å². The van der Waals surface area contributed by atoms with Crippen LogP contribution in [0.2, 0.25) is 0 Å². The molecule has 1 heterocycles. The molecule has 0 aromatic carbocycles. The maximum atomic E-state index is 12.2. The Labute approximate surface area is 147 Å². The lowest BCUT2D eigenvalue weighted by Gasteiger charge is -2.31. The highest BCUT2D eigenvalue weighted by Crippen LogP contribution is 2.55. The number of thioether (sulfide) groups is 1. The highest BCUT2D eigenvalue weighted by molar-refractivity contribution is 7.98. The highest BCUT2D eigenvalue weighted by Gasteiger charge is 2.78. The molecule has 25 heavy (non-hydrogen) atoms. The molecule has 5 N–H and O–H groups in total. The van der Waals surface area contributed by atoms with E-state index in [1.165, 1.54) is 11.8 Å². The third kappa shape index (κ3) is 3.93. The quantitative estimate of drug-likeness (QED) is 0.307. The zero-order valence-electron chi connectivity index (χ0n) is 13.1. The van der Waals surface area contributed by atoms with Gasteiger partial charge in [-0.05, 0) is 18.4 Å². The Bertz CT molecular complexity index is 682. The second kappa shape index (κ2) is 6.88. The number of carboxylic acid groups (broad SMARTS) is 2. The fraction of sp³-hybridized carbons (Fsp3) is 0.750. The molecule has 0 radical (unpaired) electrons. The van der Waals surface area contributed by atoms with Gasteiger partial charge in [0, 0.05) is 0 Å². The Morgan fingerprint density at radius 1 is 1.36 bits per heavy atom. The van der Waals surface area contributed by atoms with Crippen LogP contribution in [0.15, 0.2) is 0 Å². The lowest BCUT2D eigenvalue weighted by molar-refractivity contribution is -0.131. The van der Waals surface area contributed by atoms with Crippen LogP contribution >= 0.6 is 11.8 Å². The Balaban J connectivity index is 2.25. The number of carbonyl (C=O) groups is 3. The topological polar surface area (TPSA) is 182 Å². The van der Waals surface area contributed by atoms with Gasteiger partial charge in [0.1, 0.15) is 17.1 Å². The second-order valence-corrected chi connectivity index (χ2v) is 8.92. The first-order chi connectivity index (χ1) is 11.5. The van der Waals surface area contributed by atoms with E-state index in [-0.39, 0.29) is 6.42 Å². The molecular formula is C12H18N2O9S2. The summed E-state index contributed by atoms with van der Waals surface area (Å²) in [6.45, 7) is 0. The van der Waals surface area contributed by atoms with Gasteiger partial charge in [-0.25, -0.2) is 18.0 Å². The Kier molecular flexibility index (Phi) is 5.39. The molecule has 2 fully saturated rings. The van der Waals surface area contributed by atoms with E-state index in [4.69, 9.17) is 20.7 Å². The predicted octanol–water partition coefficient (Wildman–Crippen LogP) is -0.936. The molecule has 0 spiro atoms. The largest absolute Gasteiger partial charge is 0.507 e. The van der Waals surface area contributed by atoms with Crippen LogP contribution in [-0.4, -0.2) is 77.7 Å². The normalized spacial score (nSPS) is 33.0. The van der Waals surface area contributed by atoms with Crippen molar-refractivity contribution in [1.82, 2.24) is 5.32 Å². The van der Waals surface area contributed by atoms with Crippen molar-refractivity contribution in [3.63, 3.8) is 0 Å². The van der Waals surface area contributed by atoms with Crippen molar-refractivity contribution in [3.05, 3.63) is 0 Å². The Morgan fingerprint density at radius 2 is 2.00 bits per heavy atom. The molecule has 1 amide bonds. The van der Waals surface area contributed by atoms with E-state index in [0.717, 1.165) is 0 Å². The maximum Gasteiger partial charge on any atom is 0.507 e. The standard InChI is InChI=1S/C12H18N2O9S2/c1-24-3-2-5(13)9(15)14-12(23-11(18)19)4-25(20,21)8-6(12)7(8)22-10(16)17/h5-8H,2-4,13H2,1H3,(H,14,15)(H,16,17)(H,18,19)/t5-,6?,7?,8+,12?/m0/s1. The molecule has 1 saturated carbocycles. The van der Waals surface area contributed by atoms with Crippen LogP contribution in [0, 0.1) is 5.92 Å². The van der Waals surface area contributed by atoms with Crippen LogP contribution in [0.25, 0.3) is 0 Å². The number of fused-ring (bicyclic) bond motifs is 1. The first kappa shape index (κ1) is 19.6. The molecule has 0 bridgehead atoms. The number of hydrogen-bond donors (Lipinski definition) is 4. The molecule has 0 aromatic rings. The third-order valence-corrected chi connectivity index (χ3v) is 6.94. The summed E-state index contributed by atoms with van der Waals surface area (Å²) in [6.07, 6.45) is -2.73. The van der Waals surface area contributed by atoms with Crippen LogP contribution in [0.3, 0.4) is 0 Å². The Morgan fingerprint density at radius 3 is 2.52 bits per heavy atom. The van der Waals surface area contributed by atoms with Crippen LogP contribution in [-0.2, 0) is 24.1 Å². The molecule has 5 atom stereocenters. The van der Waals surface area contributed by atoms with Gasteiger partial charge in [0.25, 0.3) is 0 Å². The molecular weight excluding hydrogens is 380 g/mol. The zero-order valence-corrected chi connectivity index (χ0v) is 14.7. The summed E-state index contributed by atoms with van der Waals surface area (Å²) >= 11 is 1.45. The van der Waals surface area contributed by atoms with Gasteiger partial charge in [-0.15, -0.1) is 0 Å². The van der Waals surface area contributed by atoms with Crippen molar-refractivity contribution in [2.24, 2.45) is 11.7 Å². The van der Waals surface area contributed by atoms with Crippen LogP contribution in [0.4, 0.5) is 9.59 Å². The minimum atomic E-state index is -3.92. The zero-order chi connectivity index (χ0) is 19.0. The number of nitrogens with two attached hydrogens (primary N) is 1. The molecule has 13 heteroatoms. The molecule has 2 aliphatic rings.